The van der Waals surface area contributed by atoms with E-state index >= 15 is 0 Å². The smallest absolute Gasteiger partial charge is 0.232 e. The monoisotopic (exact) mass is 301 g/mol. The van der Waals surface area contributed by atoms with Gasteiger partial charge in [-0.25, -0.2) is 0 Å². The SMILES string of the molecule is CC(C)(C)c1nc(CN2CCC(O)c3ccccc3C2)no1. The molecule has 1 aromatic heterocycles. The van der Waals surface area contributed by atoms with Gasteiger partial charge in [0.25, 0.3) is 0 Å². The number of aromatic nitrogens is 2. The maximum atomic E-state index is 10.3. The van der Waals surface area contributed by atoms with Crippen LogP contribution < -0.4 is 0 Å². The van der Waals surface area contributed by atoms with Crippen LogP contribution in [0.1, 0.15) is 56.1 Å². The molecule has 1 N–H and O–H groups in total. The van der Waals surface area contributed by atoms with Crippen molar-refractivity contribution in [3.8, 4) is 0 Å². The number of hydrogen-bond acceptors (Lipinski definition) is 5. The van der Waals surface area contributed by atoms with Crippen LogP contribution >= 0.6 is 0 Å². The van der Waals surface area contributed by atoms with E-state index in [4.69, 9.17) is 4.52 Å². The third kappa shape index (κ3) is 3.20. The summed E-state index contributed by atoms with van der Waals surface area (Å²) in [7, 11) is 0. The minimum Gasteiger partial charge on any atom is -0.388 e. The molecule has 0 amide bonds. The van der Waals surface area contributed by atoms with E-state index in [1.807, 2.05) is 18.2 Å². The molecule has 0 aliphatic carbocycles. The van der Waals surface area contributed by atoms with Crippen molar-refractivity contribution in [1.29, 1.82) is 0 Å². The molecule has 1 atom stereocenters. The predicted octanol–water partition coefficient (Wildman–Crippen LogP) is 2.81. The topological polar surface area (TPSA) is 62.4 Å². The summed E-state index contributed by atoms with van der Waals surface area (Å²) in [5.74, 6) is 1.37. The van der Waals surface area contributed by atoms with Crippen LogP contribution in [-0.4, -0.2) is 26.7 Å². The maximum Gasteiger partial charge on any atom is 0.232 e. The molecular formula is C17H23N3O2. The summed E-state index contributed by atoms with van der Waals surface area (Å²) in [6.07, 6.45) is 0.331. The first kappa shape index (κ1) is 15.2. The van der Waals surface area contributed by atoms with Gasteiger partial charge in [-0.05, 0) is 17.5 Å². The molecule has 2 heterocycles. The zero-order chi connectivity index (χ0) is 15.7. The molecule has 118 valence electrons. The minimum atomic E-state index is -0.392. The van der Waals surface area contributed by atoms with E-state index in [1.165, 1.54) is 5.56 Å². The highest BCUT2D eigenvalue weighted by atomic mass is 16.5. The lowest BCUT2D eigenvalue weighted by Gasteiger charge is -2.18. The Morgan fingerprint density at radius 1 is 1.32 bits per heavy atom. The van der Waals surface area contributed by atoms with E-state index in [1.54, 1.807) is 0 Å². The summed E-state index contributed by atoms with van der Waals surface area (Å²) < 4.78 is 5.36. The van der Waals surface area contributed by atoms with Crippen LogP contribution in [0.4, 0.5) is 0 Å². The Morgan fingerprint density at radius 3 is 2.82 bits per heavy atom. The van der Waals surface area contributed by atoms with Crippen molar-refractivity contribution >= 4 is 0 Å². The number of hydrogen-bond donors (Lipinski definition) is 1. The Bertz CT molecular complexity index is 645. The molecule has 1 aliphatic heterocycles. The Morgan fingerprint density at radius 2 is 2.09 bits per heavy atom. The van der Waals surface area contributed by atoms with Gasteiger partial charge in [-0.15, -0.1) is 0 Å². The van der Waals surface area contributed by atoms with Crippen molar-refractivity contribution in [2.45, 2.75) is 51.8 Å². The lowest BCUT2D eigenvalue weighted by atomic mass is 9.97. The van der Waals surface area contributed by atoms with E-state index in [0.717, 1.165) is 25.1 Å². The molecule has 0 bridgehead atoms. The third-order valence-electron chi connectivity index (χ3n) is 4.00. The Kier molecular flexibility index (Phi) is 4.02. The lowest BCUT2D eigenvalue weighted by Crippen LogP contribution is -2.23. The van der Waals surface area contributed by atoms with Gasteiger partial charge in [-0.2, -0.15) is 4.98 Å². The minimum absolute atomic E-state index is 0.132. The van der Waals surface area contributed by atoms with E-state index in [9.17, 15) is 5.11 Å². The van der Waals surface area contributed by atoms with Gasteiger partial charge in [0.05, 0.1) is 12.6 Å². The maximum absolute atomic E-state index is 10.3. The highest BCUT2D eigenvalue weighted by Crippen LogP contribution is 2.27. The fraction of sp³-hybridized carbons (Fsp3) is 0.529. The van der Waals surface area contributed by atoms with E-state index in [0.29, 0.717) is 18.3 Å². The number of rotatable bonds is 2. The molecule has 3 rings (SSSR count). The highest BCUT2D eigenvalue weighted by molar-refractivity contribution is 5.30. The van der Waals surface area contributed by atoms with Gasteiger partial charge < -0.3 is 9.63 Å². The zero-order valence-corrected chi connectivity index (χ0v) is 13.4. The summed E-state index contributed by atoms with van der Waals surface area (Å²) in [5.41, 5.74) is 2.08. The Balaban J connectivity index is 1.75. The molecule has 0 saturated carbocycles. The van der Waals surface area contributed by atoms with Gasteiger partial charge in [0.2, 0.25) is 5.89 Å². The van der Waals surface area contributed by atoms with Crippen LogP contribution in [0, 0.1) is 0 Å². The molecule has 5 heteroatoms. The lowest BCUT2D eigenvalue weighted by molar-refractivity contribution is 0.148. The van der Waals surface area contributed by atoms with Gasteiger partial charge >= 0.3 is 0 Å². The van der Waals surface area contributed by atoms with E-state index < -0.39 is 6.10 Å². The number of aliphatic hydroxyl groups is 1. The fourth-order valence-corrected chi connectivity index (χ4v) is 2.74. The molecule has 0 spiro atoms. The summed E-state index contributed by atoms with van der Waals surface area (Å²) in [5, 5.41) is 14.4. The predicted molar refractivity (Wildman–Crippen MR) is 83.1 cm³/mol. The van der Waals surface area contributed by atoms with Crippen molar-refractivity contribution < 1.29 is 9.63 Å². The Labute approximate surface area is 131 Å². The van der Waals surface area contributed by atoms with Crippen LogP contribution in [-0.2, 0) is 18.5 Å². The Hall–Kier alpha value is -1.72. The summed E-state index contributed by atoms with van der Waals surface area (Å²) in [6, 6.07) is 8.08. The summed E-state index contributed by atoms with van der Waals surface area (Å²) in [6.45, 7) is 8.43. The zero-order valence-electron chi connectivity index (χ0n) is 13.4. The van der Waals surface area contributed by atoms with Gasteiger partial charge in [0.15, 0.2) is 5.82 Å². The van der Waals surface area contributed by atoms with Gasteiger partial charge in [-0.3, -0.25) is 4.90 Å². The van der Waals surface area contributed by atoms with Crippen LogP contribution in [0.3, 0.4) is 0 Å². The molecule has 0 fully saturated rings. The first-order valence-electron chi connectivity index (χ1n) is 7.75. The molecule has 0 radical (unpaired) electrons. The van der Waals surface area contributed by atoms with E-state index in [-0.39, 0.29) is 5.41 Å². The van der Waals surface area contributed by atoms with Crippen LogP contribution in [0.15, 0.2) is 28.8 Å². The molecule has 5 nitrogen and oxygen atoms in total. The number of nitrogens with zero attached hydrogens (tertiary/aromatic N) is 3. The average Bonchev–Trinajstić information content (AvgIpc) is 2.87. The molecule has 2 aromatic rings. The standard InChI is InChI=1S/C17H23N3O2/c1-17(2,3)16-18-15(19-22-16)11-20-9-8-14(21)13-7-5-4-6-12(13)10-20/h4-7,14,21H,8-11H2,1-3H3. The summed E-state index contributed by atoms with van der Waals surface area (Å²) in [4.78, 5) is 6.76. The fourth-order valence-electron chi connectivity index (χ4n) is 2.74. The first-order chi connectivity index (χ1) is 10.4. The summed E-state index contributed by atoms with van der Waals surface area (Å²) >= 11 is 0. The van der Waals surface area contributed by atoms with Gasteiger partial charge in [0, 0.05) is 18.5 Å². The average molecular weight is 301 g/mol. The van der Waals surface area contributed by atoms with E-state index in [2.05, 4.69) is 41.9 Å². The molecule has 22 heavy (non-hydrogen) atoms. The van der Waals surface area contributed by atoms with Crippen LogP contribution in [0.2, 0.25) is 0 Å². The largest absolute Gasteiger partial charge is 0.388 e. The molecule has 1 aliphatic rings. The van der Waals surface area contributed by atoms with Gasteiger partial charge in [0.1, 0.15) is 0 Å². The molecule has 1 unspecified atom stereocenters. The van der Waals surface area contributed by atoms with Crippen LogP contribution in [0.25, 0.3) is 0 Å². The second-order valence-electron chi connectivity index (χ2n) is 6.98. The molecular weight excluding hydrogens is 278 g/mol. The van der Waals surface area contributed by atoms with Crippen molar-refractivity contribution in [2.75, 3.05) is 6.54 Å². The van der Waals surface area contributed by atoms with Gasteiger partial charge in [-0.1, -0.05) is 50.2 Å². The quantitative estimate of drug-likeness (QED) is 0.924. The number of aliphatic hydroxyl groups excluding tert-OH is 1. The van der Waals surface area contributed by atoms with Crippen LogP contribution in [0.5, 0.6) is 0 Å². The third-order valence-corrected chi connectivity index (χ3v) is 4.00. The molecule has 1 aromatic carbocycles. The highest BCUT2D eigenvalue weighted by Gasteiger charge is 2.24. The normalized spacial score (nSPS) is 19.7. The molecule has 0 saturated heterocycles. The van der Waals surface area contributed by atoms with Crippen molar-refractivity contribution in [3.05, 3.63) is 47.1 Å². The number of benzene rings is 1. The first-order valence-corrected chi connectivity index (χ1v) is 7.75. The second kappa shape index (κ2) is 5.82. The van der Waals surface area contributed by atoms with Crippen molar-refractivity contribution in [2.24, 2.45) is 0 Å². The second-order valence-corrected chi connectivity index (χ2v) is 6.98. The number of fused-ring (bicyclic) bond motifs is 1. The van der Waals surface area contributed by atoms with Crippen molar-refractivity contribution in [3.63, 3.8) is 0 Å². The van der Waals surface area contributed by atoms with Crippen molar-refractivity contribution in [1.82, 2.24) is 15.0 Å².